The van der Waals surface area contributed by atoms with Gasteiger partial charge in [0.15, 0.2) is 0 Å². The minimum Gasteiger partial charge on any atom is -0.369 e. The highest BCUT2D eigenvalue weighted by Gasteiger charge is 2.18. The number of halogens is 1. The maximum atomic E-state index is 6.00. The van der Waals surface area contributed by atoms with Crippen LogP contribution in [0, 0.1) is 5.41 Å². The summed E-state index contributed by atoms with van der Waals surface area (Å²) < 4.78 is 1.67. The number of rotatable bonds is 7. The summed E-state index contributed by atoms with van der Waals surface area (Å²) in [6, 6.07) is 1.78. The topological polar surface area (TPSA) is 55.1 Å². The van der Waals surface area contributed by atoms with E-state index in [0.717, 1.165) is 12.4 Å². The van der Waals surface area contributed by atoms with Gasteiger partial charge in [0.2, 0.25) is 0 Å². The molecule has 2 aromatic rings. The van der Waals surface area contributed by atoms with E-state index in [2.05, 4.69) is 41.2 Å². The number of hydrogen-bond donors (Lipinski definition) is 1. The number of nitrogens with one attached hydrogen (secondary N) is 1. The zero-order chi connectivity index (χ0) is 14.6. The molecule has 1 N–H and O–H groups in total. The smallest absolute Gasteiger partial charge is 0.255 e. The average Bonchev–Trinajstić information content (AvgIpc) is 2.84. The standard InChI is InChI=1S/C14H22ClN5/c1-4-5-6-7-14(2,3)9-16-12-8-11(15)19-13-17-10-18-20(12)13/h8,10,16H,4-7,9H2,1-3H3. The summed E-state index contributed by atoms with van der Waals surface area (Å²) in [5, 5.41) is 8.00. The van der Waals surface area contributed by atoms with Gasteiger partial charge in [0.05, 0.1) is 0 Å². The maximum Gasteiger partial charge on any atom is 0.255 e. The Kier molecular flexibility index (Phi) is 4.81. The van der Waals surface area contributed by atoms with Gasteiger partial charge in [-0.15, -0.1) is 0 Å². The molecule has 0 aliphatic heterocycles. The number of hydrogen-bond acceptors (Lipinski definition) is 4. The molecule has 0 unspecified atom stereocenters. The summed E-state index contributed by atoms with van der Waals surface area (Å²) in [5.74, 6) is 1.35. The highest BCUT2D eigenvalue weighted by atomic mass is 35.5. The van der Waals surface area contributed by atoms with Crippen LogP contribution in [-0.2, 0) is 0 Å². The molecule has 0 saturated carbocycles. The first kappa shape index (κ1) is 15.0. The van der Waals surface area contributed by atoms with Gasteiger partial charge in [-0.05, 0) is 11.8 Å². The van der Waals surface area contributed by atoms with Gasteiger partial charge in [0, 0.05) is 12.6 Å². The molecule has 2 aromatic heterocycles. The Morgan fingerprint density at radius 3 is 2.90 bits per heavy atom. The predicted octanol–water partition coefficient (Wildman–Crippen LogP) is 3.80. The van der Waals surface area contributed by atoms with Crippen molar-refractivity contribution in [3.05, 3.63) is 17.5 Å². The Morgan fingerprint density at radius 2 is 2.15 bits per heavy atom. The van der Waals surface area contributed by atoms with Crippen LogP contribution in [0.4, 0.5) is 5.82 Å². The van der Waals surface area contributed by atoms with Gasteiger partial charge in [0.25, 0.3) is 5.78 Å². The Labute approximate surface area is 124 Å². The van der Waals surface area contributed by atoms with Crippen molar-refractivity contribution >= 4 is 23.2 Å². The second-order valence-corrected chi connectivity index (χ2v) is 6.30. The van der Waals surface area contributed by atoms with E-state index < -0.39 is 0 Å². The zero-order valence-electron chi connectivity index (χ0n) is 12.4. The molecule has 0 spiro atoms. The van der Waals surface area contributed by atoms with Crippen molar-refractivity contribution in [1.82, 2.24) is 19.6 Å². The van der Waals surface area contributed by atoms with Gasteiger partial charge in [-0.25, -0.2) is 0 Å². The Balaban J connectivity index is 2.03. The molecule has 110 valence electrons. The molecule has 2 heterocycles. The Bertz CT molecular complexity index is 564. The molecule has 0 aliphatic carbocycles. The van der Waals surface area contributed by atoms with E-state index in [4.69, 9.17) is 11.6 Å². The summed E-state index contributed by atoms with van der Waals surface area (Å²) >= 11 is 6.00. The second-order valence-electron chi connectivity index (χ2n) is 5.91. The molecule has 0 aliphatic rings. The van der Waals surface area contributed by atoms with Gasteiger partial charge in [0.1, 0.15) is 17.3 Å². The molecule has 0 aromatic carbocycles. The van der Waals surface area contributed by atoms with E-state index in [0.29, 0.717) is 10.9 Å². The van der Waals surface area contributed by atoms with Crippen molar-refractivity contribution in [2.75, 3.05) is 11.9 Å². The zero-order valence-corrected chi connectivity index (χ0v) is 13.1. The van der Waals surface area contributed by atoms with Crippen LogP contribution in [0.2, 0.25) is 5.15 Å². The van der Waals surface area contributed by atoms with E-state index in [9.17, 15) is 0 Å². The number of anilines is 1. The highest BCUT2D eigenvalue weighted by Crippen LogP contribution is 2.25. The van der Waals surface area contributed by atoms with Crippen molar-refractivity contribution in [3.63, 3.8) is 0 Å². The normalized spacial score (nSPS) is 12.0. The first-order chi connectivity index (χ1) is 9.52. The van der Waals surface area contributed by atoms with Crippen molar-refractivity contribution < 1.29 is 0 Å². The fourth-order valence-electron chi connectivity index (χ4n) is 2.18. The van der Waals surface area contributed by atoms with Crippen LogP contribution in [0.5, 0.6) is 0 Å². The molecule has 0 radical (unpaired) electrons. The number of nitrogens with zero attached hydrogens (tertiary/aromatic N) is 4. The summed E-state index contributed by atoms with van der Waals surface area (Å²) in [4.78, 5) is 8.18. The highest BCUT2D eigenvalue weighted by molar-refractivity contribution is 6.29. The molecule has 20 heavy (non-hydrogen) atoms. The second kappa shape index (κ2) is 6.39. The van der Waals surface area contributed by atoms with Gasteiger partial charge in [-0.2, -0.15) is 19.6 Å². The summed E-state index contributed by atoms with van der Waals surface area (Å²) in [5.41, 5.74) is 0.234. The van der Waals surface area contributed by atoms with Gasteiger partial charge in [-0.1, -0.05) is 51.6 Å². The lowest BCUT2D eigenvalue weighted by Gasteiger charge is -2.25. The lowest BCUT2D eigenvalue weighted by atomic mass is 9.87. The van der Waals surface area contributed by atoms with Crippen LogP contribution >= 0.6 is 11.6 Å². The minimum atomic E-state index is 0.234. The van der Waals surface area contributed by atoms with E-state index in [1.54, 1.807) is 10.6 Å². The van der Waals surface area contributed by atoms with Gasteiger partial charge in [-0.3, -0.25) is 0 Å². The molecule has 2 rings (SSSR count). The van der Waals surface area contributed by atoms with Crippen molar-refractivity contribution in [2.24, 2.45) is 5.41 Å². The summed E-state index contributed by atoms with van der Waals surface area (Å²) in [6.07, 6.45) is 6.49. The fraction of sp³-hybridized carbons (Fsp3) is 0.643. The largest absolute Gasteiger partial charge is 0.369 e. The van der Waals surface area contributed by atoms with E-state index in [1.165, 1.54) is 32.0 Å². The number of unbranched alkanes of at least 4 members (excludes halogenated alkanes) is 2. The van der Waals surface area contributed by atoms with Crippen molar-refractivity contribution in [1.29, 1.82) is 0 Å². The van der Waals surface area contributed by atoms with Crippen molar-refractivity contribution in [2.45, 2.75) is 46.5 Å². The van der Waals surface area contributed by atoms with Crippen LogP contribution in [0.25, 0.3) is 5.78 Å². The SMILES string of the molecule is CCCCCC(C)(C)CNc1cc(Cl)nc2ncnn12. The molecular weight excluding hydrogens is 274 g/mol. The van der Waals surface area contributed by atoms with Crippen LogP contribution in [0.1, 0.15) is 46.5 Å². The lowest BCUT2D eigenvalue weighted by Crippen LogP contribution is -2.24. The first-order valence-corrected chi connectivity index (χ1v) is 7.50. The first-order valence-electron chi connectivity index (χ1n) is 7.12. The van der Waals surface area contributed by atoms with Crippen LogP contribution in [0.3, 0.4) is 0 Å². The molecule has 6 heteroatoms. The number of fused-ring (bicyclic) bond motifs is 1. The Hall–Kier alpha value is -1.36. The lowest BCUT2D eigenvalue weighted by molar-refractivity contribution is 0.342. The summed E-state index contributed by atoms with van der Waals surface area (Å²) in [7, 11) is 0. The van der Waals surface area contributed by atoms with Gasteiger partial charge < -0.3 is 5.32 Å². The van der Waals surface area contributed by atoms with E-state index in [-0.39, 0.29) is 5.41 Å². The van der Waals surface area contributed by atoms with Crippen molar-refractivity contribution in [3.8, 4) is 0 Å². The minimum absolute atomic E-state index is 0.234. The molecular formula is C14H22ClN5. The fourth-order valence-corrected chi connectivity index (χ4v) is 2.36. The van der Waals surface area contributed by atoms with Crippen LogP contribution in [-0.4, -0.2) is 26.1 Å². The molecule has 0 fully saturated rings. The molecule has 5 nitrogen and oxygen atoms in total. The van der Waals surface area contributed by atoms with Crippen LogP contribution < -0.4 is 5.32 Å². The predicted molar refractivity (Wildman–Crippen MR) is 82.2 cm³/mol. The maximum absolute atomic E-state index is 6.00. The molecule has 0 saturated heterocycles. The monoisotopic (exact) mass is 295 g/mol. The van der Waals surface area contributed by atoms with Gasteiger partial charge >= 0.3 is 0 Å². The third kappa shape index (κ3) is 3.82. The molecule has 0 atom stereocenters. The molecule has 0 bridgehead atoms. The summed E-state index contributed by atoms with van der Waals surface area (Å²) in [6.45, 7) is 7.64. The average molecular weight is 296 g/mol. The van der Waals surface area contributed by atoms with Crippen LogP contribution in [0.15, 0.2) is 12.4 Å². The van der Waals surface area contributed by atoms with E-state index in [1.807, 2.05) is 0 Å². The third-order valence-corrected chi connectivity index (χ3v) is 3.62. The molecule has 0 amide bonds. The Morgan fingerprint density at radius 1 is 1.35 bits per heavy atom. The quantitative estimate of drug-likeness (QED) is 0.623. The van der Waals surface area contributed by atoms with E-state index >= 15 is 0 Å². The number of aromatic nitrogens is 4. The third-order valence-electron chi connectivity index (χ3n) is 3.43.